The quantitative estimate of drug-likeness (QED) is 0.365. The lowest BCUT2D eigenvalue weighted by Crippen LogP contribution is -2.34. The minimum absolute atomic E-state index is 0.0484. The first-order valence-corrected chi connectivity index (χ1v) is 3.97. The Kier molecular flexibility index (Phi) is 6.53. The van der Waals surface area contributed by atoms with E-state index in [2.05, 4.69) is 17.2 Å². The van der Waals surface area contributed by atoms with Crippen LogP contribution in [-0.4, -0.2) is 36.6 Å². The fourth-order valence-corrected chi connectivity index (χ4v) is 0.659. The highest BCUT2D eigenvalue weighted by atomic mass is 16.4. The van der Waals surface area contributed by atoms with Crippen molar-refractivity contribution in [2.75, 3.05) is 19.6 Å². The van der Waals surface area contributed by atoms with Crippen molar-refractivity contribution >= 4 is 11.9 Å². The van der Waals surface area contributed by atoms with Gasteiger partial charge in [-0.3, -0.25) is 9.59 Å². The van der Waals surface area contributed by atoms with E-state index in [1.54, 1.807) is 6.08 Å². The molecule has 0 saturated heterocycles. The van der Waals surface area contributed by atoms with Gasteiger partial charge >= 0.3 is 5.97 Å². The zero-order valence-corrected chi connectivity index (χ0v) is 7.38. The molecule has 0 saturated carbocycles. The van der Waals surface area contributed by atoms with E-state index in [1.807, 2.05) is 0 Å². The van der Waals surface area contributed by atoms with Gasteiger partial charge in [-0.25, -0.2) is 0 Å². The van der Waals surface area contributed by atoms with E-state index in [1.165, 1.54) is 0 Å². The first-order valence-electron chi connectivity index (χ1n) is 3.97. The van der Waals surface area contributed by atoms with Gasteiger partial charge in [0.2, 0.25) is 5.91 Å². The fourth-order valence-electron chi connectivity index (χ4n) is 0.659. The average Bonchev–Trinajstić information content (AvgIpc) is 2.04. The Morgan fingerprint density at radius 1 is 1.46 bits per heavy atom. The highest BCUT2D eigenvalue weighted by Gasteiger charge is 2.00. The van der Waals surface area contributed by atoms with Crippen LogP contribution in [0.25, 0.3) is 0 Å². The lowest BCUT2D eigenvalue weighted by atomic mass is 10.4. The molecule has 5 heteroatoms. The number of carbonyl (C=O) groups is 2. The molecule has 0 aromatic rings. The van der Waals surface area contributed by atoms with Crippen LogP contribution in [0, 0.1) is 0 Å². The maximum absolute atomic E-state index is 10.9. The van der Waals surface area contributed by atoms with Gasteiger partial charge in [-0.15, -0.1) is 6.58 Å². The van der Waals surface area contributed by atoms with Crippen LogP contribution in [-0.2, 0) is 9.59 Å². The summed E-state index contributed by atoms with van der Waals surface area (Å²) in [6.45, 7) is 4.39. The fraction of sp³-hybridized carbons (Fsp3) is 0.500. The third-order valence-corrected chi connectivity index (χ3v) is 1.24. The number of carbonyl (C=O) groups excluding carboxylic acids is 1. The Morgan fingerprint density at radius 3 is 2.69 bits per heavy atom. The lowest BCUT2D eigenvalue weighted by molar-refractivity contribution is -0.136. The molecule has 3 N–H and O–H groups in total. The summed E-state index contributed by atoms with van der Waals surface area (Å²) in [5.74, 6) is -1.12. The smallest absolute Gasteiger partial charge is 0.305 e. The molecule has 0 radical (unpaired) electrons. The Hall–Kier alpha value is -1.36. The number of hydrogen-bond acceptors (Lipinski definition) is 3. The second kappa shape index (κ2) is 7.30. The summed E-state index contributed by atoms with van der Waals surface area (Å²) in [5.41, 5.74) is 0. The van der Waals surface area contributed by atoms with E-state index in [0.717, 1.165) is 0 Å². The maximum atomic E-state index is 10.9. The van der Waals surface area contributed by atoms with Crippen LogP contribution in [0.2, 0.25) is 0 Å². The van der Waals surface area contributed by atoms with Crippen molar-refractivity contribution in [1.29, 1.82) is 0 Å². The van der Waals surface area contributed by atoms with E-state index >= 15 is 0 Å². The summed E-state index contributed by atoms with van der Waals surface area (Å²) in [4.78, 5) is 21.0. The minimum atomic E-state index is -0.917. The molecule has 0 rings (SSSR count). The molecule has 0 aromatic carbocycles. The van der Waals surface area contributed by atoms with Crippen LogP contribution < -0.4 is 10.6 Å². The molecule has 0 aliphatic rings. The van der Waals surface area contributed by atoms with Gasteiger partial charge < -0.3 is 15.7 Å². The van der Waals surface area contributed by atoms with Gasteiger partial charge in [0, 0.05) is 13.1 Å². The van der Waals surface area contributed by atoms with Crippen LogP contribution >= 0.6 is 0 Å². The van der Waals surface area contributed by atoms with Gasteiger partial charge in [-0.1, -0.05) is 6.08 Å². The van der Waals surface area contributed by atoms with Gasteiger partial charge in [0.1, 0.15) is 0 Å². The maximum Gasteiger partial charge on any atom is 0.305 e. The van der Waals surface area contributed by atoms with Crippen molar-refractivity contribution in [2.45, 2.75) is 6.42 Å². The molecular weight excluding hydrogens is 172 g/mol. The zero-order chi connectivity index (χ0) is 10.1. The highest BCUT2D eigenvalue weighted by molar-refractivity contribution is 5.78. The summed E-state index contributed by atoms with van der Waals surface area (Å²) in [7, 11) is 0. The Bertz CT molecular complexity index is 192. The average molecular weight is 186 g/mol. The predicted molar refractivity (Wildman–Crippen MR) is 48.3 cm³/mol. The number of amides is 1. The molecule has 0 aliphatic heterocycles. The molecule has 0 atom stereocenters. The van der Waals surface area contributed by atoms with Crippen molar-refractivity contribution in [3.05, 3.63) is 12.7 Å². The molecule has 0 fully saturated rings. The minimum Gasteiger partial charge on any atom is -0.481 e. The standard InChI is InChI=1S/C8H14N2O3/c1-2-4-9-6-7(11)10-5-3-8(12)13/h2,9H,1,3-6H2,(H,10,11)(H,12,13). The number of hydrogen-bond donors (Lipinski definition) is 3. The first kappa shape index (κ1) is 11.6. The van der Waals surface area contributed by atoms with Crippen LogP contribution in [0.4, 0.5) is 0 Å². The van der Waals surface area contributed by atoms with Crippen LogP contribution in [0.15, 0.2) is 12.7 Å². The predicted octanol–water partition coefficient (Wildman–Crippen LogP) is -0.647. The van der Waals surface area contributed by atoms with Crippen molar-refractivity contribution in [1.82, 2.24) is 10.6 Å². The Labute approximate surface area is 76.8 Å². The molecule has 0 heterocycles. The summed E-state index contributed by atoms with van der Waals surface area (Å²) in [6.07, 6.45) is 1.59. The number of aliphatic carboxylic acids is 1. The van der Waals surface area contributed by atoms with Gasteiger partial charge in [0.25, 0.3) is 0 Å². The summed E-state index contributed by atoms with van der Waals surface area (Å²) < 4.78 is 0. The Balaban J connectivity index is 3.30. The van der Waals surface area contributed by atoms with Crippen LogP contribution in [0.1, 0.15) is 6.42 Å². The molecule has 0 unspecified atom stereocenters. The Morgan fingerprint density at radius 2 is 2.15 bits per heavy atom. The molecule has 74 valence electrons. The van der Waals surface area contributed by atoms with E-state index in [0.29, 0.717) is 6.54 Å². The first-order chi connectivity index (χ1) is 6.16. The van der Waals surface area contributed by atoms with Crippen molar-refractivity contribution in [2.24, 2.45) is 0 Å². The van der Waals surface area contributed by atoms with E-state index in [4.69, 9.17) is 5.11 Å². The number of rotatable bonds is 7. The molecule has 0 spiro atoms. The van der Waals surface area contributed by atoms with Gasteiger partial charge in [-0.05, 0) is 0 Å². The molecule has 5 nitrogen and oxygen atoms in total. The number of carboxylic acids is 1. The number of nitrogens with one attached hydrogen (secondary N) is 2. The highest BCUT2D eigenvalue weighted by Crippen LogP contribution is 1.75. The van der Waals surface area contributed by atoms with Crippen molar-refractivity contribution in [3.8, 4) is 0 Å². The largest absolute Gasteiger partial charge is 0.481 e. The van der Waals surface area contributed by atoms with E-state index in [-0.39, 0.29) is 25.4 Å². The molecule has 13 heavy (non-hydrogen) atoms. The van der Waals surface area contributed by atoms with Crippen molar-refractivity contribution in [3.63, 3.8) is 0 Å². The molecular formula is C8H14N2O3. The van der Waals surface area contributed by atoms with E-state index in [9.17, 15) is 9.59 Å². The topological polar surface area (TPSA) is 78.4 Å². The molecule has 1 amide bonds. The molecule has 0 aliphatic carbocycles. The lowest BCUT2D eigenvalue weighted by Gasteiger charge is -2.02. The third-order valence-electron chi connectivity index (χ3n) is 1.24. The second-order valence-electron chi connectivity index (χ2n) is 2.41. The van der Waals surface area contributed by atoms with Crippen molar-refractivity contribution < 1.29 is 14.7 Å². The normalized spacial score (nSPS) is 9.23. The monoisotopic (exact) mass is 186 g/mol. The van der Waals surface area contributed by atoms with Crippen LogP contribution in [0.3, 0.4) is 0 Å². The summed E-state index contributed by atoms with van der Waals surface area (Å²) in [6, 6.07) is 0. The van der Waals surface area contributed by atoms with E-state index < -0.39 is 5.97 Å². The molecule has 0 aromatic heterocycles. The molecule has 0 bridgehead atoms. The SMILES string of the molecule is C=CCNCC(=O)NCCC(=O)O. The van der Waals surface area contributed by atoms with Gasteiger partial charge in [-0.2, -0.15) is 0 Å². The van der Waals surface area contributed by atoms with Gasteiger partial charge in [0.15, 0.2) is 0 Å². The van der Waals surface area contributed by atoms with Gasteiger partial charge in [0.05, 0.1) is 13.0 Å². The second-order valence-corrected chi connectivity index (χ2v) is 2.41. The third kappa shape index (κ3) is 8.55. The summed E-state index contributed by atoms with van der Waals surface area (Å²) >= 11 is 0. The number of carboxylic acid groups (broad SMARTS) is 1. The van der Waals surface area contributed by atoms with Crippen LogP contribution in [0.5, 0.6) is 0 Å². The summed E-state index contributed by atoms with van der Waals surface area (Å²) in [5, 5.41) is 13.5. The zero-order valence-electron chi connectivity index (χ0n) is 7.38.